The molecule has 1 aliphatic carbocycles. The highest BCUT2D eigenvalue weighted by Gasteiger charge is 2.28. The lowest BCUT2D eigenvalue weighted by atomic mass is 9.91. The van der Waals surface area contributed by atoms with Crippen molar-refractivity contribution in [3.63, 3.8) is 0 Å². The van der Waals surface area contributed by atoms with Gasteiger partial charge in [0.15, 0.2) is 5.76 Å². The minimum Gasteiger partial charge on any atom is -0.384 e. The summed E-state index contributed by atoms with van der Waals surface area (Å²) in [5, 5.41) is 15.4. The molecule has 0 saturated carbocycles. The number of aromatic nitrogens is 1. The van der Waals surface area contributed by atoms with Gasteiger partial charge in [0.1, 0.15) is 11.8 Å². The summed E-state index contributed by atoms with van der Waals surface area (Å²) >= 11 is 0. The van der Waals surface area contributed by atoms with Crippen LogP contribution in [0.15, 0.2) is 80.8 Å². The Balaban J connectivity index is 1.90. The van der Waals surface area contributed by atoms with Crippen molar-refractivity contribution in [3.05, 3.63) is 82.6 Å². The van der Waals surface area contributed by atoms with Gasteiger partial charge in [-0.15, -0.1) is 0 Å². The van der Waals surface area contributed by atoms with E-state index in [1.54, 1.807) is 6.20 Å². The Morgan fingerprint density at radius 2 is 2.08 bits per heavy atom. The monoisotopic (exact) mass is 342 g/mol. The van der Waals surface area contributed by atoms with Crippen LogP contribution in [0.2, 0.25) is 0 Å². The van der Waals surface area contributed by atoms with Crippen molar-refractivity contribution in [1.82, 2.24) is 5.16 Å². The summed E-state index contributed by atoms with van der Waals surface area (Å²) in [5.74, 6) is 0.520. The fourth-order valence-corrected chi connectivity index (χ4v) is 3.12. The lowest BCUT2D eigenvalue weighted by molar-refractivity contribution is 0.210. The molecule has 1 unspecified atom stereocenters. The maximum Gasteiger partial charge on any atom is 0.182 e. The fourth-order valence-electron chi connectivity index (χ4n) is 3.12. The molecule has 2 aromatic rings. The van der Waals surface area contributed by atoms with Gasteiger partial charge in [-0.3, -0.25) is 4.99 Å². The Bertz CT molecular complexity index is 1030. The van der Waals surface area contributed by atoms with E-state index in [1.165, 1.54) is 0 Å². The number of aliphatic imine (C=N–C) groups is 1. The van der Waals surface area contributed by atoms with Crippen LogP contribution in [0.1, 0.15) is 37.2 Å². The van der Waals surface area contributed by atoms with Gasteiger partial charge in [-0.1, -0.05) is 47.0 Å². The molecule has 1 aliphatic heterocycles. The molecule has 26 heavy (non-hydrogen) atoms. The highest BCUT2D eigenvalue weighted by molar-refractivity contribution is 5.79. The summed E-state index contributed by atoms with van der Waals surface area (Å²) in [7, 11) is 0. The Kier molecular flexibility index (Phi) is 4.39. The van der Waals surface area contributed by atoms with E-state index in [2.05, 4.69) is 21.6 Å². The van der Waals surface area contributed by atoms with Crippen LogP contribution in [0.4, 0.5) is 0 Å². The molecule has 2 aliphatic rings. The predicted molar refractivity (Wildman–Crippen MR) is 101 cm³/mol. The van der Waals surface area contributed by atoms with Gasteiger partial charge in [0.2, 0.25) is 0 Å². The molecule has 1 aromatic heterocycles. The minimum absolute atomic E-state index is 0.520. The molecule has 0 amide bonds. The second-order valence-electron chi connectivity index (χ2n) is 6.33. The summed E-state index contributed by atoms with van der Waals surface area (Å²) in [4.78, 5) is 4.20. The molecule has 4 heteroatoms. The first kappa shape index (κ1) is 16.3. The lowest BCUT2D eigenvalue weighted by Gasteiger charge is -2.17. The van der Waals surface area contributed by atoms with Crippen LogP contribution in [0, 0.1) is 0 Å². The van der Waals surface area contributed by atoms with Gasteiger partial charge in [-0.2, -0.15) is 0 Å². The van der Waals surface area contributed by atoms with Crippen molar-refractivity contribution in [1.29, 1.82) is 0 Å². The molecule has 0 spiro atoms. The number of hydrogen-bond acceptors (Lipinski definition) is 4. The van der Waals surface area contributed by atoms with Crippen molar-refractivity contribution in [2.24, 2.45) is 4.99 Å². The largest absolute Gasteiger partial charge is 0.384 e. The van der Waals surface area contributed by atoms with E-state index >= 15 is 0 Å². The van der Waals surface area contributed by atoms with Crippen LogP contribution in [0.3, 0.4) is 0 Å². The maximum absolute atomic E-state index is 11.1. The zero-order valence-electron chi connectivity index (χ0n) is 14.4. The van der Waals surface area contributed by atoms with Crippen LogP contribution < -0.4 is 0 Å². The molecule has 0 saturated heterocycles. The molecule has 2 heterocycles. The number of rotatable bonds is 4. The molecule has 1 atom stereocenters. The number of nitrogens with zero attached hydrogens (tertiary/aromatic N) is 2. The summed E-state index contributed by atoms with van der Waals surface area (Å²) < 4.78 is 5.68. The summed E-state index contributed by atoms with van der Waals surface area (Å²) in [6.07, 6.45) is 8.12. The molecule has 0 radical (unpaired) electrons. The Hall–Kier alpha value is -3.16. The first-order valence-corrected chi connectivity index (χ1v) is 8.58. The minimum atomic E-state index is -0.835. The normalized spacial score (nSPS) is 16.9. The average Bonchev–Trinajstić information content (AvgIpc) is 3.14. The second-order valence-corrected chi connectivity index (χ2v) is 6.33. The van der Waals surface area contributed by atoms with E-state index in [1.807, 2.05) is 55.6 Å². The smallest absolute Gasteiger partial charge is 0.182 e. The predicted octanol–water partition coefficient (Wildman–Crippen LogP) is 4.78. The van der Waals surface area contributed by atoms with E-state index in [0.717, 1.165) is 35.1 Å². The number of hydrogen-bond donors (Lipinski definition) is 1. The molecule has 1 aromatic carbocycles. The standard InChI is InChI=1S/C22H18N2O2/c1-15-7-5-10-17(13-15)22-19(21(25)18-11-6-12-23-14-18)20(24-26-22)16-8-3-2-4-9-16/h2-4,7-9,12-14,21,25H,6,11H2,1H3. The highest BCUT2D eigenvalue weighted by atomic mass is 16.5. The van der Waals surface area contributed by atoms with Crippen LogP contribution in [0.5, 0.6) is 0 Å². The van der Waals surface area contributed by atoms with Gasteiger partial charge in [-0.25, -0.2) is 0 Å². The Labute approximate surface area is 151 Å². The van der Waals surface area contributed by atoms with Gasteiger partial charge >= 0.3 is 0 Å². The zero-order chi connectivity index (χ0) is 17.9. The number of allylic oxidation sites excluding steroid dienone is 4. The van der Waals surface area contributed by atoms with Gasteiger partial charge in [0.25, 0.3) is 0 Å². The zero-order valence-corrected chi connectivity index (χ0v) is 14.4. The van der Waals surface area contributed by atoms with Gasteiger partial charge in [0, 0.05) is 18.0 Å². The summed E-state index contributed by atoms with van der Waals surface area (Å²) in [5.41, 5.74) is 10.9. The van der Waals surface area contributed by atoms with Crippen LogP contribution in [0.25, 0.3) is 16.8 Å². The molecular weight excluding hydrogens is 324 g/mol. The SMILES string of the molecule is CC1=CC(c2onc(-c3ccccc3)c2C(O)C2=CN=CCC2)=C=C=C1. The van der Waals surface area contributed by atoms with E-state index in [9.17, 15) is 5.11 Å². The molecule has 4 nitrogen and oxygen atoms in total. The molecule has 0 bridgehead atoms. The van der Waals surface area contributed by atoms with E-state index in [4.69, 9.17) is 4.52 Å². The first-order valence-electron chi connectivity index (χ1n) is 8.58. The summed E-state index contributed by atoms with van der Waals surface area (Å²) in [6, 6.07) is 9.74. The molecule has 128 valence electrons. The third kappa shape index (κ3) is 3.05. The molecule has 1 N–H and O–H groups in total. The quantitative estimate of drug-likeness (QED) is 0.814. The van der Waals surface area contributed by atoms with E-state index < -0.39 is 6.10 Å². The number of aliphatic hydroxyl groups is 1. The Morgan fingerprint density at radius 3 is 2.81 bits per heavy atom. The number of benzene rings is 1. The van der Waals surface area contributed by atoms with Crippen molar-refractivity contribution in [3.8, 4) is 11.3 Å². The van der Waals surface area contributed by atoms with E-state index in [-0.39, 0.29) is 0 Å². The van der Waals surface area contributed by atoms with Crippen molar-refractivity contribution < 1.29 is 9.63 Å². The number of aliphatic hydroxyl groups excluding tert-OH is 1. The fraction of sp³-hybridized carbons (Fsp3) is 0.182. The van der Waals surface area contributed by atoms with Crippen molar-refractivity contribution >= 4 is 11.8 Å². The van der Waals surface area contributed by atoms with E-state index in [0.29, 0.717) is 17.0 Å². The van der Waals surface area contributed by atoms with Gasteiger partial charge in [0.05, 0.1) is 11.1 Å². The van der Waals surface area contributed by atoms with Crippen LogP contribution in [-0.4, -0.2) is 16.5 Å². The molecule has 0 fully saturated rings. The van der Waals surface area contributed by atoms with Crippen LogP contribution >= 0.6 is 0 Å². The van der Waals surface area contributed by atoms with Crippen LogP contribution in [-0.2, 0) is 0 Å². The molecular formula is C22H18N2O2. The third-order valence-electron chi connectivity index (χ3n) is 4.43. The topological polar surface area (TPSA) is 58.6 Å². The van der Waals surface area contributed by atoms with Crippen molar-refractivity contribution in [2.45, 2.75) is 25.9 Å². The second kappa shape index (κ2) is 6.99. The van der Waals surface area contributed by atoms with Gasteiger partial charge < -0.3 is 9.63 Å². The van der Waals surface area contributed by atoms with Gasteiger partial charge in [-0.05, 0) is 43.1 Å². The maximum atomic E-state index is 11.1. The lowest BCUT2D eigenvalue weighted by Crippen LogP contribution is -2.07. The molecule has 4 rings (SSSR count). The average molecular weight is 342 g/mol. The Morgan fingerprint density at radius 1 is 1.23 bits per heavy atom. The first-order chi connectivity index (χ1) is 12.7. The van der Waals surface area contributed by atoms with Crippen molar-refractivity contribution in [2.75, 3.05) is 0 Å². The summed E-state index contributed by atoms with van der Waals surface area (Å²) in [6.45, 7) is 1.98. The highest BCUT2D eigenvalue weighted by Crippen LogP contribution is 2.39. The third-order valence-corrected chi connectivity index (χ3v) is 4.43.